The van der Waals surface area contributed by atoms with E-state index in [2.05, 4.69) is 6.92 Å². The third-order valence-electron chi connectivity index (χ3n) is 3.33. The van der Waals surface area contributed by atoms with E-state index in [1.807, 2.05) is 0 Å². The second-order valence-corrected chi connectivity index (χ2v) is 7.25. The van der Waals surface area contributed by atoms with E-state index in [1.165, 1.54) is 13.0 Å². The smallest absolute Gasteiger partial charge is 0.338 e. The first-order chi connectivity index (χ1) is 9.79. The third-order valence-corrected chi connectivity index (χ3v) is 5.11. The van der Waals surface area contributed by atoms with Crippen molar-refractivity contribution in [2.45, 2.75) is 50.8 Å². The number of carboxylic acids is 1. The highest BCUT2D eigenvalue weighted by atomic mass is 32.2. The fourth-order valence-corrected chi connectivity index (χ4v) is 3.56. The number of rotatable bonds is 8. The number of carboxylic acid groups (broad SMARTS) is 1. The third kappa shape index (κ3) is 4.81. The van der Waals surface area contributed by atoms with E-state index in [0.717, 1.165) is 31.7 Å². The van der Waals surface area contributed by atoms with Crippen LogP contribution in [0.3, 0.4) is 0 Å². The molecule has 21 heavy (non-hydrogen) atoms. The van der Waals surface area contributed by atoms with E-state index in [9.17, 15) is 17.6 Å². The van der Waals surface area contributed by atoms with Crippen LogP contribution in [0, 0.1) is 12.7 Å². The van der Waals surface area contributed by atoms with E-state index in [1.54, 1.807) is 0 Å². The first-order valence-corrected chi connectivity index (χ1v) is 8.71. The fraction of sp³-hybridized carbons (Fsp3) is 0.533. The predicted octanol–water partition coefficient (Wildman–Crippen LogP) is 3.58. The molecular formula is C15H21FO4S. The molecular weight excluding hydrogens is 295 g/mol. The van der Waals surface area contributed by atoms with E-state index >= 15 is 0 Å². The lowest BCUT2D eigenvalue weighted by Gasteiger charge is -2.08. The Balaban J connectivity index is 2.91. The van der Waals surface area contributed by atoms with Crippen LogP contribution in [0.5, 0.6) is 0 Å². The van der Waals surface area contributed by atoms with Crippen LogP contribution >= 0.6 is 0 Å². The minimum absolute atomic E-state index is 0.0273. The summed E-state index contributed by atoms with van der Waals surface area (Å²) in [5.41, 5.74) is -0.570. The van der Waals surface area contributed by atoms with Gasteiger partial charge in [0.05, 0.1) is 16.2 Å². The molecule has 0 heterocycles. The van der Waals surface area contributed by atoms with Gasteiger partial charge in [0.1, 0.15) is 5.82 Å². The molecule has 0 fully saturated rings. The molecule has 1 N–H and O–H groups in total. The predicted molar refractivity (Wildman–Crippen MR) is 78.9 cm³/mol. The Hall–Kier alpha value is -1.43. The van der Waals surface area contributed by atoms with E-state index < -0.39 is 27.2 Å². The molecule has 0 bridgehead atoms. The molecule has 0 aliphatic carbocycles. The maximum absolute atomic E-state index is 13.6. The molecule has 0 unspecified atom stereocenters. The summed E-state index contributed by atoms with van der Waals surface area (Å²) in [6.45, 7) is 3.44. The van der Waals surface area contributed by atoms with Crippen molar-refractivity contribution in [1.82, 2.24) is 0 Å². The minimum atomic E-state index is -3.57. The molecule has 6 heteroatoms. The van der Waals surface area contributed by atoms with Gasteiger partial charge in [-0.1, -0.05) is 32.6 Å². The zero-order chi connectivity index (χ0) is 16.0. The molecule has 1 aromatic carbocycles. The lowest BCUT2D eigenvalue weighted by atomic mass is 10.1. The van der Waals surface area contributed by atoms with Crippen molar-refractivity contribution in [2.24, 2.45) is 0 Å². The van der Waals surface area contributed by atoms with Crippen LogP contribution in [-0.4, -0.2) is 25.2 Å². The van der Waals surface area contributed by atoms with Gasteiger partial charge >= 0.3 is 5.97 Å². The summed E-state index contributed by atoms with van der Waals surface area (Å²) < 4.78 is 38.0. The van der Waals surface area contributed by atoms with Crippen molar-refractivity contribution in [3.63, 3.8) is 0 Å². The number of benzene rings is 1. The molecule has 4 nitrogen and oxygen atoms in total. The van der Waals surface area contributed by atoms with Crippen LogP contribution in [0.15, 0.2) is 17.0 Å². The fourth-order valence-electron chi connectivity index (χ4n) is 2.09. The van der Waals surface area contributed by atoms with Gasteiger partial charge in [-0.15, -0.1) is 0 Å². The summed E-state index contributed by atoms with van der Waals surface area (Å²) in [5, 5.41) is 8.92. The van der Waals surface area contributed by atoms with Gasteiger partial charge in [0, 0.05) is 0 Å². The molecule has 0 amide bonds. The number of unbranched alkanes of at least 4 members (excludes halogenated alkanes) is 4. The molecule has 1 rings (SSSR count). The normalized spacial score (nSPS) is 11.6. The van der Waals surface area contributed by atoms with Crippen LogP contribution in [0.25, 0.3) is 0 Å². The number of halogens is 1. The van der Waals surface area contributed by atoms with Gasteiger partial charge in [0.25, 0.3) is 0 Å². The molecule has 118 valence electrons. The number of sulfone groups is 1. The molecule has 0 saturated heterocycles. The summed E-state index contributed by atoms with van der Waals surface area (Å²) in [7, 11) is -3.57. The summed E-state index contributed by atoms with van der Waals surface area (Å²) in [6, 6.07) is 2.11. The zero-order valence-corrected chi connectivity index (χ0v) is 13.2. The maximum atomic E-state index is 13.6. The van der Waals surface area contributed by atoms with Crippen LogP contribution in [0.2, 0.25) is 0 Å². The Morgan fingerprint density at radius 3 is 2.38 bits per heavy atom. The zero-order valence-electron chi connectivity index (χ0n) is 12.4. The van der Waals surface area contributed by atoms with E-state index in [0.29, 0.717) is 6.42 Å². The summed E-state index contributed by atoms with van der Waals surface area (Å²) in [4.78, 5) is 10.8. The second kappa shape index (κ2) is 7.54. The largest absolute Gasteiger partial charge is 0.478 e. The highest BCUT2D eigenvalue weighted by molar-refractivity contribution is 7.91. The first-order valence-electron chi connectivity index (χ1n) is 7.05. The van der Waals surface area contributed by atoms with Gasteiger partial charge in [-0.3, -0.25) is 0 Å². The highest BCUT2D eigenvalue weighted by Crippen LogP contribution is 2.21. The van der Waals surface area contributed by atoms with Crippen molar-refractivity contribution in [3.05, 3.63) is 29.1 Å². The van der Waals surface area contributed by atoms with Gasteiger partial charge in [0.2, 0.25) is 0 Å². The van der Waals surface area contributed by atoms with Gasteiger partial charge in [-0.25, -0.2) is 17.6 Å². The van der Waals surface area contributed by atoms with Crippen molar-refractivity contribution < 1.29 is 22.7 Å². The quantitative estimate of drug-likeness (QED) is 0.588. The van der Waals surface area contributed by atoms with E-state index in [4.69, 9.17) is 5.11 Å². The van der Waals surface area contributed by atoms with Crippen LogP contribution in [-0.2, 0) is 9.84 Å². The first kappa shape index (κ1) is 17.6. The summed E-state index contributed by atoms with van der Waals surface area (Å²) in [5.74, 6) is -2.39. The van der Waals surface area contributed by atoms with Crippen molar-refractivity contribution in [2.75, 3.05) is 5.75 Å². The number of aryl methyl sites for hydroxylation is 1. The SMILES string of the molecule is CCCCCCCS(=O)(=O)c1cc(C)c(F)c(C(=O)O)c1. The Bertz CT molecular complexity index is 608. The monoisotopic (exact) mass is 316 g/mol. The van der Waals surface area contributed by atoms with Crippen LogP contribution in [0.4, 0.5) is 4.39 Å². The lowest BCUT2D eigenvalue weighted by molar-refractivity contribution is 0.0691. The summed E-state index contributed by atoms with van der Waals surface area (Å²) >= 11 is 0. The Kier molecular flexibility index (Phi) is 6.33. The second-order valence-electron chi connectivity index (χ2n) is 5.14. The Labute approximate surface area is 124 Å². The van der Waals surface area contributed by atoms with Gasteiger partial charge in [-0.05, 0) is 31.0 Å². The number of hydrogen-bond donors (Lipinski definition) is 1. The number of hydrogen-bond acceptors (Lipinski definition) is 3. The van der Waals surface area contributed by atoms with Crippen molar-refractivity contribution in [3.8, 4) is 0 Å². The molecule has 0 aliphatic heterocycles. The Morgan fingerprint density at radius 1 is 1.19 bits per heavy atom. The van der Waals surface area contributed by atoms with E-state index in [-0.39, 0.29) is 16.2 Å². The molecule has 0 aliphatic rings. The average Bonchev–Trinajstić information content (AvgIpc) is 2.40. The molecule has 0 spiro atoms. The molecule has 1 aromatic rings. The summed E-state index contributed by atoms with van der Waals surface area (Å²) in [6.07, 6.45) is 4.47. The standard InChI is InChI=1S/C15H21FO4S/c1-3-4-5-6-7-8-21(19,20)12-9-11(2)14(16)13(10-12)15(17)18/h9-10H,3-8H2,1-2H3,(H,17,18). The van der Waals surface area contributed by atoms with Crippen molar-refractivity contribution in [1.29, 1.82) is 0 Å². The van der Waals surface area contributed by atoms with Gasteiger partial charge < -0.3 is 5.11 Å². The van der Waals surface area contributed by atoms with Gasteiger partial charge in [0.15, 0.2) is 9.84 Å². The van der Waals surface area contributed by atoms with Crippen LogP contribution in [0.1, 0.15) is 54.9 Å². The number of carbonyl (C=O) groups is 1. The molecule has 0 atom stereocenters. The topological polar surface area (TPSA) is 71.4 Å². The van der Waals surface area contributed by atoms with Gasteiger partial charge in [-0.2, -0.15) is 0 Å². The average molecular weight is 316 g/mol. The minimum Gasteiger partial charge on any atom is -0.478 e. The maximum Gasteiger partial charge on any atom is 0.338 e. The molecule has 0 aromatic heterocycles. The number of aromatic carboxylic acids is 1. The van der Waals surface area contributed by atoms with Crippen molar-refractivity contribution >= 4 is 15.8 Å². The lowest BCUT2D eigenvalue weighted by Crippen LogP contribution is -2.11. The molecule has 0 radical (unpaired) electrons. The molecule has 0 saturated carbocycles. The Morgan fingerprint density at radius 2 is 1.81 bits per heavy atom. The van der Waals surface area contributed by atoms with Crippen LogP contribution < -0.4 is 0 Å². The highest BCUT2D eigenvalue weighted by Gasteiger charge is 2.21.